The van der Waals surface area contributed by atoms with Gasteiger partial charge in [-0.15, -0.1) is 0 Å². The number of thioether (sulfide) groups is 1. The first-order valence-electron chi connectivity index (χ1n) is 6.95. The summed E-state index contributed by atoms with van der Waals surface area (Å²) in [7, 11) is 0. The van der Waals surface area contributed by atoms with Crippen molar-refractivity contribution in [3.8, 4) is 0 Å². The Morgan fingerprint density at radius 2 is 1.38 bits per heavy atom. The number of carboxylic acids is 1. The molecule has 1 amide bonds. The average Bonchev–Trinajstić information content (AvgIpc) is 2.19. The van der Waals surface area contributed by atoms with Gasteiger partial charge in [0.15, 0.2) is 5.12 Å². The highest BCUT2D eigenvalue weighted by atomic mass is 32.2. The van der Waals surface area contributed by atoms with E-state index in [-0.39, 0.29) is 16.4 Å². The topological polar surface area (TPSA) is 74.7 Å². The van der Waals surface area contributed by atoms with Gasteiger partial charge in [-0.05, 0) is 20.8 Å². The standard InChI is InChI=1S/C10H17NO2S.C5H10O2/c1-7(12)14-8-5-11(6-8)9(13)10(2,3)4;1-5(2,3)4(6)7/h8H,5-6H2,1-4H3;1-3H3,(H,6,7). The quantitative estimate of drug-likeness (QED) is 0.804. The molecule has 5 nitrogen and oxygen atoms in total. The van der Waals surface area contributed by atoms with Gasteiger partial charge in [0.05, 0.1) is 5.41 Å². The van der Waals surface area contributed by atoms with E-state index in [0.717, 1.165) is 13.1 Å². The maximum atomic E-state index is 11.7. The summed E-state index contributed by atoms with van der Waals surface area (Å²) in [6, 6.07) is 0. The van der Waals surface area contributed by atoms with E-state index in [1.165, 1.54) is 11.8 Å². The molecule has 0 atom stereocenters. The summed E-state index contributed by atoms with van der Waals surface area (Å²) in [6.07, 6.45) is 0. The summed E-state index contributed by atoms with van der Waals surface area (Å²) in [5.74, 6) is -0.578. The summed E-state index contributed by atoms with van der Waals surface area (Å²) < 4.78 is 0. The molecule has 0 aromatic heterocycles. The summed E-state index contributed by atoms with van der Waals surface area (Å²) in [4.78, 5) is 34.3. The van der Waals surface area contributed by atoms with E-state index in [9.17, 15) is 14.4 Å². The van der Waals surface area contributed by atoms with Gasteiger partial charge in [0.25, 0.3) is 0 Å². The van der Waals surface area contributed by atoms with E-state index >= 15 is 0 Å². The van der Waals surface area contributed by atoms with Crippen LogP contribution >= 0.6 is 11.8 Å². The molecule has 122 valence electrons. The van der Waals surface area contributed by atoms with Gasteiger partial charge in [0.1, 0.15) is 0 Å². The summed E-state index contributed by atoms with van der Waals surface area (Å²) in [5, 5.41) is 8.71. The SMILES string of the molecule is CC(=O)SC1CN(C(=O)C(C)(C)C)C1.CC(C)(C)C(=O)O. The monoisotopic (exact) mass is 317 g/mol. The number of likely N-dealkylation sites (tertiary alicyclic amines) is 1. The number of rotatable bonds is 1. The largest absolute Gasteiger partial charge is 0.481 e. The molecule has 0 aromatic rings. The second kappa shape index (κ2) is 7.29. The fourth-order valence-electron chi connectivity index (χ4n) is 1.39. The highest BCUT2D eigenvalue weighted by Gasteiger charge is 2.36. The molecule has 1 rings (SSSR count). The van der Waals surface area contributed by atoms with E-state index in [2.05, 4.69) is 0 Å². The van der Waals surface area contributed by atoms with Crippen molar-refractivity contribution in [3.05, 3.63) is 0 Å². The van der Waals surface area contributed by atoms with Crippen LogP contribution in [-0.4, -0.2) is 45.3 Å². The van der Waals surface area contributed by atoms with Crippen molar-refractivity contribution in [3.63, 3.8) is 0 Å². The minimum absolute atomic E-state index is 0.137. The predicted octanol–water partition coefficient (Wildman–Crippen LogP) is 2.64. The van der Waals surface area contributed by atoms with Crippen molar-refractivity contribution in [2.24, 2.45) is 10.8 Å². The van der Waals surface area contributed by atoms with Crippen LogP contribution in [0.25, 0.3) is 0 Å². The maximum absolute atomic E-state index is 11.7. The maximum Gasteiger partial charge on any atom is 0.308 e. The highest BCUT2D eigenvalue weighted by molar-refractivity contribution is 8.14. The van der Waals surface area contributed by atoms with E-state index < -0.39 is 11.4 Å². The van der Waals surface area contributed by atoms with Crippen molar-refractivity contribution in [1.82, 2.24) is 4.90 Å². The normalized spacial score (nSPS) is 15.7. The molecule has 0 radical (unpaired) electrons. The average molecular weight is 317 g/mol. The Morgan fingerprint density at radius 3 is 1.62 bits per heavy atom. The molecule has 0 aromatic carbocycles. The minimum atomic E-state index is -0.757. The Labute approximate surface area is 131 Å². The Hall–Kier alpha value is -1.04. The third kappa shape index (κ3) is 7.50. The van der Waals surface area contributed by atoms with Gasteiger partial charge in [-0.3, -0.25) is 14.4 Å². The van der Waals surface area contributed by atoms with Gasteiger partial charge in [0, 0.05) is 30.7 Å². The zero-order valence-electron chi connectivity index (χ0n) is 14.0. The zero-order chi connectivity index (χ0) is 17.0. The first-order chi connectivity index (χ1) is 9.25. The zero-order valence-corrected chi connectivity index (χ0v) is 14.8. The number of carbonyl (C=O) groups excluding carboxylic acids is 2. The molecule has 6 heteroatoms. The Morgan fingerprint density at radius 1 is 1.00 bits per heavy atom. The van der Waals surface area contributed by atoms with Crippen molar-refractivity contribution >= 4 is 28.8 Å². The van der Waals surface area contributed by atoms with Crippen molar-refractivity contribution in [1.29, 1.82) is 0 Å². The van der Waals surface area contributed by atoms with Crippen LogP contribution in [0.4, 0.5) is 0 Å². The number of carboxylic acid groups (broad SMARTS) is 1. The van der Waals surface area contributed by atoms with Crippen molar-refractivity contribution in [2.45, 2.75) is 53.7 Å². The van der Waals surface area contributed by atoms with Gasteiger partial charge in [-0.25, -0.2) is 0 Å². The van der Waals surface area contributed by atoms with Crippen molar-refractivity contribution in [2.75, 3.05) is 13.1 Å². The molecule has 1 N–H and O–H groups in total. The van der Waals surface area contributed by atoms with Crippen LogP contribution in [0, 0.1) is 10.8 Å². The second-order valence-electron chi connectivity index (χ2n) is 7.25. The van der Waals surface area contributed by atoms with Crippen LogP contribution in [-0.2, 0) is 14.4 Å². The lowest BCUT2D eigenvalue weighted by Crippen LogP contribution is -2.55. The molecule has 0 spiro atoms. The Balaban J connectivity index is 0.000000486. The summed E-state index contributed by atoms with van der Waals surface area (Å²) in [5.41, 5.74) is -0.883. The Kier molecular flexibility index (Phi) is 6.93. The van der Waals surface area contributed by atoms with Gasteiger partial charge >= 0.3 is 5.97 Å². The predicted molar refractivity (Wildman–Crippen MR) is 85.2 cm³/mol. The van der Waals surface area contributed by atoms with E-state index in [4.69, 9.17) is 5.11 Å². The fraction of sp³-hybridized carbons (Fsp3) is 0.800. The third-order valence-electron chi connectivity index (χ3n) is 2.75. The Bertz CT molecular complexity index is 401. The van der Waals surface area contributed by atoms with Crippen LogP contribution in [0.2, 0.25) is 0 Å². The number of aliphatic carboxylic acids is 1. The molecule has 1 fully saturated rings. The van der Waals surface area contributed by atoms with Crippen LogP contribution in [0.1, 0.15) is 48.5 Å². The number of hydrogen-bond donors (Lipinski definition) is 1. The van der Waals surface area contributed by atoms with E-state index in [1.807, 2.05) is 25.7 Å². The van der Waals surface area contributed by atoms with Crippen LogP contribution in [0.5, 0.6) is 0 Å². The molecular weight excluding hydrogens is 290 g/mol. The first-order valence-corrected chi connectivity index (χ1v) is 7.83. The molecule has 1 aliphatic heterocycles. The van der Waals surface area contributed by atoms with Gasteiger partial charge in [0.2, 0.25) is 5.91 Å². The molecule has 0 bridgehead atoms. The molecule has 1 heterocycles. The van der Waals surface area contributed by atoms with Gasteiger partial charge < -0.3 is 10.0 Å². The molecule has 1 saturated heterocycles. The smallest absolute Gasteiger partial charge is 0.308 e. The molecule has 0 aliphatic carbocycles. The molecule has 0 unspecified atom stereocenters. The van der Waals surface area contributed by atoms with Crippen LogP contribution < -0.4 is 0 Å². The van der Waals surface area contributed by atoms with E-state index in [0.29, 0.717) is 5.25 Å². The number of amides is 1. The first kappa shape index (κ1) is 20.0. The molecule has 21 heavy (non-hydrogen) atoms. The second-order valence-corrected chi connectivity index (χ2v) is 8.72. The van der Waals surface area contributed by atoms with Crippen LogP contribution in [0.15, 0.2) is 0 Å². The summed E-state index contributed by atoms with van der Waals surface area (Å²) >= 11 is 1.34. The van der Waals surface area contributed by atoms with E-state index in [1.54, 1.807) is 27.7 Å². The minimum Gasteiger partial charge on any atom is -0.481 e. The lowest BCUT2D eigenvalue weighted by atomic mass is 9.93. The lowest BCUT2D eigenvalue weighted by Gasteiger charge is -2.41. The molecule has 0 saturated carbocycles. The number of carbonyl (C=O) groups is 3. The van der Waals surface area contributed by atoms with Gasteiger partial charge in [-0.2, -0.15) is 0 Å². The highest BCUT2D eigenvalue weighted by Crippen LogP contribution is 2.27. The fourth-order valence-corrected chi connectivity index (χ4v) is 2.37. The summed E-state index contributed by atoms with van der Waals surface area (Å²) in [6.45, 7) is 13.8. The van der Waals surface area contributed by atoms with Crippen molar-refractivity contribution < 1.29 is 19.5 Å². The van der Waals surface area contributed by atoms with Gasteiger partial charge in [-0.1, -0.05) is 32.5 Å². The number of nitrogens with zero attached hydrogens (tertiary/aromatic N) is 1. The lowest BCUT2D eigenvalue weighted by molar-refractivity contribution is -0.146. The molecular formula is C15H27NO4S. The number of hydrogen-bond acceptors (Lipinski definition) is 4. The van der Waals surface area contributed by atoms with Crippen LogP contribution in [0.3, 0.4) is 0 Å². The molecule has 1 aliphatic rings. The third-order valence-corrected chi connectivity index (χ3v) is 3.71.